The van der Waals surface area contributed by atoms with E-state index in [-0.39, 0.29) is 22.7 Å². The summed E-state index contributed by atoms with van der Waals surface area (Å²) >= 11 is 0. The van der Waals surface area contributed by atoms with E-state index in [9.17, 15) is 22.4 Å². The van der Waals surface area contributed by atoms with Crippen LogP contribution in [0.25, 0.3) is 10.9 Å². The number of hydrogen-bond acceptors (Lipinski definition) is 5. The first kappa shape index (κ1) is 23.1. The molecule has 174 valence electrons. The van der Waals surface area contributed by atoms with Gasteiger partial charge in [0, 0.05) is 25.2 Å². The van der Waals surface area contributed by atoms with Crippen LogP contribution in [0.4, 0.5) is 4.39 Å². The molecule has 2 aromatic carbocycles. The lowest BCUT2D eigenvalue weighted by Crippen LogP contribution is -2.27. The number of fused-ring (bicyclic) bond motifs is 1. The van der Waals surface area contributed by atoms with E-state index in [4.69, 9.17) is 5.73 Å². The summed E-state index contributed by atoms with van der Waals surface area (Å²) in [7, 11) is -2.78. The minimum atomic E-state index is -4.34. The third kappa shape index (κ3) is 4.15. The zero-order valence-corrected chi connectivity index (χ0v) is 19.2. The molecule has 0 aliphatic rings. The van der Waals surface area contributed by atoms with Gasteiger partial charge in [0.15, 0.2) is 0 Å². The normalized spacial score (nSPS) is 11.5. The zero-order chi connectivity index (χ0) is 24.6. The van der Waals surface area contributed by atoms with Crippen molar-refractivity contribution < 1.29 is 22.4 Å². The number of H-pyrrole nitrogens is 1. The van der Waals surface area contributed by atoms with Gasteiger partial charge in [-0.25, -0.2) is 12.8 Å². The van der Waals surface area contributed by atoms with E-state index in [1.807, 2.05) is 30.3 Å². The number of halogens is 1. The van der Waals surface area contributed by atoms with Gasteiger partial charge in [0.05, 0.1) is 10.4 Å². The number of rotatable bonds is 6. The molecule has 0 saturated carbocycles. The van der Waals surface area contributed by atoms with E-state index >= 15 is 0 Å². The fourth-order valence-corrected chi connectivity index (χ4v) is 5.50. The van der Waals surface area contributed by atoms with Gasteiger partial charge in [-0.2, -0.15) is 0 Å². The molecule has 2 heterocycles. The molecule has 0 bridgehead atoms. The number of nitrogens with one attached hydrogen (secondary N) is 1. The summed E-state index contributed by atoms with van der Waals surface area (Å²) in [5.74, 6) is -2.34. The molecular formula is C24H21FN4O4S. The highest BCUT2D eigenvalue weighted by atomic mass is 32.2. The molecule has 4 rings (SSSR count). The SMILES string of the molecule is Cc1c(C(=O)N(C)Cc2ccc3ncccc3c2)[nH]c(C(N)=O)c1S(=O)(=O)c1cccc(F)c1. The first-order valence-corrected chi connectivity index (χ1v) is 11.7. The molecule has 4 aromatic rings. The Balaban J connectivity index is 1.71. The highest BCUT2D eigenvalue weighted by molar-refractivity contribution is 7.91. The van der Waals surface area contributed by atoms with E-state index in [0.29, 0.717) is 0 Å². The van der Waals surface area contributed by atoms with Gasteiger partial charge in [0.25, 0.3) is 11.8 Å². The average Bonchev–Trinajstić information content (AvgIpc) is 3.16. The van der Waals surface area contributed by atoms with Crippen molar-refractivity contribution in [3.05, 3.63) is 89.1 Å². The van der Waals surface area contributed by atoms with E-state index < -0.39 is 38.1 Å². The fraction of sp³-hybridized carbons (Fsp3) is 0.125. The molecule has 0 aliphatic carbocycles. The van der Waals surface area contributed by atoms with Crippen molar-refractivity contribution >= 4 is 32.6 Å². The number of carbonyl (C=O) groups excluding carboxylic acids is 2. The Morgan fingerprint density at radius 3 is 2.56 bits per heavy atom. The topological polar surface area (TPSA) is 126 Å². The molecule has 2 aromatic heterocycles. The highest BCUT2D eigenvalue weighted by Crippen LogP contribution is 2.30. The largest absolute Gasteiger partial charge is 0.364 e. The molecule has 3 N–H and O–H groups in total. The van der Waals surface area contributed by atoms with Gasteiger partial charge in [-0.3, -0.25) is 14.6 Å². The summed E-state index contributed by atoms with van der Waals surface area (Å²) in [4.78, 5) is 32.7. The van der Waals surface area contributed by atoms with Crippen molar-refractivity contribution in [2.75, 3.05) is 7.05 Å². The summed E-state index contributed by atoms with van der Waals surface area (Å²) < 4.78 is 40.1. The molecule has 34 heavy (non-hydrogen) atoms. The minimum absolute atomic E-state index is 0.0256. The first-order valence-electron chi connectivity index (χ1n) is 10.2. The summed E-state index contributed by atoms with van der Waals surface area (Å²) in [5, 5.41) is 0.913. The van der Waals surface area contributed by atoms with Gasteiger partial charge in [-0.1, -0.05) is 18.2 Å². The summed E-state index contributed by atoms with van der Waals surface area (Å²) in [6, 6.07) is 13.7. The lowest BCUT2D eigenvalue weighted by molar-refractivity contribution is 0.0779. The number of primary amides is 1. The Hall–Kier alpha value is -4.05. The smallest absolute Gasteiger partial charge is 0.270 e. The van der Waals surface area contributed by atoms with Crippen LogP contribution >= 0.6 is 0 Å². The quantitative estimate of drug-likeness (QED) is 0.438. The van der Waals surface area contributed by atoms with Crippen LogP contribution in [0.2, 0.25) is 0 Å². The lowest BCUT2D eigenvalue weighted by Gasteiger charge is -2.17. The maximum atomic E-state index is 13.7. The third-order valence-electron chi connectivity index (χ3n) is 5.46. The van der Waals surface area contributed by atoms with Gasteiger partial charge in [-0.05, 0) is 54.4 Å². The molecule has 0 aliphatic heterocycles. The van der Waals surface area contributed by atoms with Crippen LogP contribution in [0.5, 0.6) is 0 Å². The molecular weight excluding hydrogens is 459 g/mol. The van der Waals surface area contributed by atoms with Crippen LogP contribution in [-0.2, 0) is 16.4 Å². The van der Waals surface area contributed by atoms with Crippen LogP contribution < -0.4 is 5.73 Å². The van der Waals surface area contributed by atoms with Gasteiger partial charge in [0.2, 0.25) is 9.84 Å². The maximum absolute atomic E-state index is 13.7. The molecule has 2 amide bonds. The van der Waals surface area contributed by atoms with Crippen LogP contribution in [0.3, 0.4) is 0 Å². The summed E-state index contributed by atoms with van der Waals surface area (Å²) in [6.07, 6.45) is 1.69. The second kappa shape index (κ2) is 8.71. The number of aromatic amines is 1. The summed E-state index contributed by atoms with van der Waals surface area (Å²) in [5.41, 5.74) is 6.57. The van der Waals surface area contributed by atoms with E-state index in [1.165, 1.54) is 24.0 Å². The van der Waals surface area contributed by atoms with Crippen LogP contribution in [0.1, 0.15) is 32.1 Å². The number of pyridine rings is 1. The number of hydrogen-bond donors (Lipinski definition) is 2. The highest BCUT2D eigenvalue weighted by Gasteiger charge is 2.32. The van der Waals surface area contributed by atoms with E-state index in [0.717, 1.165) is 28.6 Å². The molecule has 0 fully saturated rings. The number of nitrogens with zero attached hydrogens (tertiary/aromatic N) is 2. The number of carbonyl (C=O) groups is 2. The first-order chi connectivity index (χ1) is 16.1. The fourth-order valence-electron chi connectivity index (χ4n) is 3.81. The standard InChI is InChI=1S/C24H21FN4O4S/c1-14-20(24(31)29(2)13-15-8-9-19-16(11-15)5-4-10-27-19)28-21(23(26)30)22(14)34(32,33)18-7-3-6-17(25)12-18/h3-12,28H,13H2,1-2H3,(H2,26,30). The van der Waals surface area contributed by atoms with Crippen molar-refractivity contribution in [2.24, 2.45) is 5.73 Å². The molecule has 0 unspecified atom stereocenters. The van der Waals surface area contributed by atoms with Gasteiger partial charge >= 0.3 is 0 Å². The van der Waals surface area contributed by atoms with Gasteiger partial charge in [0.1, 0.15) is 22.1 Å². The van der Waals surface area contributed by atoms with Crippen molar-refractivity contribution in [3.8, 4) is 0 Å². The monoisotopic (exact) mass is 480 g/mol. The van der Waals surface area contributed by atoms with Crippen LogP contribution in [0.15, 0.2) is 70.6 Å². The maximum Gasteiger partial charge on any atom is 0.270 e. The number of nitrogens with two attached hydrogens (primary N) is 1. The van der Waals surface area contributed by atoms with Gasteiger partial charge < -0.3 is 15.6 Å². The Labute approximate surface area is 195 Å². The van der Waals surface area contributed by atoms with E-state index in [1.54, 1.807) is 13.2 Å². The second-order valence-corrected chi connectivity index (χ2v) is 9.73. The number of amides is 2. The molecule has 0 spiro atoms. The molecule has 0 atom stereocenters. The Kier molecular flexibility index (Phi) is 5.92. The predicted molar refractivity (Wildman–Crippen MR) is 123 cm³/mol. The van der Waals surface area contributed by atoms with Crippen LogP contribution in [0, 0.1) is 12.7 Å². The number of benzene rings is 2. The lowest BCUT2D eigenvalue weighted by atomic mass is 10.1. The molecule has 10 heteroatoms. The average molecular weight is 481 g/mol. The molecule has 0 saturated heterocycles. The minimum Gasteiger partial charge on any atom is -0.364 e. The van der Waals surface area contributed by atoms with Crippen molar-refractivity contribution in [1.82, 2.24) is 14.9 Å². The van der Waals surface area contributed by atoms with Crippen LogP contribution in [-0.4, -0.2) is 42.1 Å². The Morgan fingerprint density at radius 2 is 1.85 bits per heavy atom. The Morgan fingerprint density at radius 1 is 1.09 bits per heavy atom. The van der Waals surface area contributed by atoms with Crippen molar-refractivity contribution in [1.29, 1.82) is 0 Å². The van der Waals surface area contributed by atoms with Crippen molar-refractivity contribution in [3.63, 3.8) is 0 Å². The van der Waals surface area contributed by atoms with Gasteiger partial charge in [-0.15, -0.1) is 0 Å². The molecule has 8 nitrogen and oxygen atoms in total. The number of aromatic nitrogens is 2. The number of sulfone groups is 1. The zero-order valence-electron chi connectivity index (χ0n) is 18.4. The predicted octanol–water partition coefficient (Wildman–Crippen LogP) is 3.21. The van der Waals surface area contributed by atoms with E-state index in [2.05, 4.69) is 9.97 Å². The second-order valence-electron chi connectivity index (χ2n) is 7.85. The Bertz CT molecular complexity index is 1550. The van der Waals surface area contributed by atoms with Crippen molar-refractivity contribution in [2.45, 2.75) is 23.3 Å². The molecule has 0 radical (unpaired) electrons. The summed E-state index contributed by atoms with van der Waals surface area (Å²) in [6.45, 7) is 1.62. The third-order valence-corrected chi connectivity index (χ3v) is 7.38.